The molecule has 1 saturated heterocycles. The zero-order valence-electron chi connectivity index (χ0n) is 23.2. The van der Waals surface area contributed by atoms with Gasteiger partial charge in [-0.3, -0.25) is 9.67 Å². The van der Waals surface area contributed by atoms with E-state index in [0.29, 0.717) is 42.1 Å². The molecule has 1 fully saturated rings. The van der Waals surface area contributed by atoms with Crippen molar-refractivity contribution in [2.24, 2.45) is 5.73 Å². The smallest absolute Gasteiger partial charge is 0.339 e. The number of benzene rings is 2. The fourth-order valence-electron chi connectivity index (χ4n) is 5.53. The van der Waals surface area contributed by atoms with Gasteiger partial charge < -0.3 is 16.0 Å². The molecular formula is C30H34N8O3S. The van der Waals surface area contributed by atoms with Gasteiger partial charge in [-0.05, 0) is 85.8 Å². The number of nitrogens with zero attached hydrogens (tertiary/aromatic N) is 4. The second-order valence-electron chi connectivity index (χ2n) is 10.6. The number of nitrogens with one attached hydrogen (secondary N) is 3. The van der Waals surface area contributed by atoms with E-state index in [1.165, 1.54) is 4.57 Å². The van der Waals surface area contributed by atoms with Crippen LogP contribution in [0.5, 0.6) is 0 Å². The van der Waals surface area contributed by atoms with Crippen molar-refractivity contribution in [2.75, 3.05) is 19.6 Å². The van der Waals surface area contributed by atoms with Crippen molar-refractivity contribution in [1.29, 1.82) is 0 Å². The Bertz CT molecular complexity index is 1820. The summed E-state index contributed by atoms with van der Waals surface area (Å²) in [6, 6.07) is 16.2. The number of hydrogen-bond donors (Lipinski definition) is 4. The van der Waals surface area contributed by atoms with Gasteiger partial charge in [-0.2, -0.15) is 14.4 Å². The summed E-state index contributed by atoms with van der Waals surface area (Å²) in [6.07, 6.45) is 8.34. The lowest BCUT2D eigenvalue weighted by molar-refractivity contribution is 0.260. The third-order valence-corrected chi connectivity index (χ3v) is 9.77. The van der Waals surface area contributed by atoms with Gasteiger partial charge in [0.2, 0.25) is 10.0 Å². The Morgan fingerprint density at radius 3 is 2.60 bits per heavy atom. The summed E-state index contributed by atoms with van der Waals surface area (Å²) in [5, 5.41) is 10.9. The maximum absolute atomic E-state index is 14.1. The molecule has 1 aliphatic heterocycles. The van der Waals surface area contributed by atoms with Crippen LogP contribution in [-0.2, 0) is 23.0 Å². The van der Waals surface area contributed by atoms with E-state index in [-0.39, 0.29) is 10.9 Å². The number of rotatable bonds is 10. The molecule has 5 aromatic rings. The van der Waals surface area contributed by atoms with E-state index in [1.807, 2.05) is 42.6 Å². The quantitative estimate of drug-likeness (QED) is 0.196. The summed E-state index contributed by atoms with van der Waals surface area (Å²) in [7, 11) is -3.77. The molecule has 218 valence electrons. The van der Waals surface area contributed by atoms with Crippen LogP contribution in [0, 0.1) is 0 Å². The second kappa shape index (κ2) is 12.0. The standard InChI is InChI=1S/C30H34N8O3S/c31-17-21-6-8-25(9-7-21)37-20-24-16-28(35-29(24)36-30(37)39)23-4-1-5-27(15-23)42(40,41)38(26-10-12-32-13-11-26)14-2-3-22-18-33-34-19-22/h1,4-9,15-16,18-20,26,32H,2-3,10-14,17,31H2,(H,33,34)(H,35,36,39). The Morgan fingerprint density at radius 2 is 1.86 bits per heavy atom. The van der Waals surface area contributed by atoms with Crippen LogP contribution in [-0.4, -0.2) is 63.1 Å². The highest BCUT2D eigenvalue weighted by Crippen LogP contribution is 2.29. The number of nitrogens with two attached hydrogens (primary N) is 1. The van der Waals surface area contributed by atoms with Crippen LogP contribution in [0.25, 0.3) is 28.0 Å². The van der Waals surface area contributed by atoms with Gasteiger partial charge in [0.15, 0.2) is 0 Å². The molecule has 0 radical (unpaired) electrons. The van der Waals surface area contributed by atoms with Crippen molar-refractivity contribution in [2.45, 2.75) is 43.2 Å². The topological polar surface area (TPSA) is 155 Å². The monoisotopic (exact) mass is 586 g/mol. The first-order valence-electron chi connectivity index (χ1n) is 14.1. The lowest BCUT2D eigenvalue weighted by Gasteiger charge is -2.34. The molecule has 0 unspecified atom stereocenters. The maximum atomic E-state index is 14.1. The van der Waals surface area contributed by atoms with Gasteiger partial charge in [0.1, 0.15) is 5.65 Å². The highest BCUT2D eigenvalue weighted by atomic mass is 32.2. The van der Waals surface area contributed by atoms with Gasteiger partial charge in [0.25, 0.3) is 0 Å². The van der Waals surface area contributed by atoms with E-state index >= 15 is 0 Å². The second-order valence-corrected chi connectivity index (χ2v) is 12.5. The average molecular weight is 587 g/mol. The van der Waals surface area contributed by atoms with Crippen molar-refractivity contribution >= 4 is 21.1 Å². The molecule has 2 aromatic carbocycles. The summed E-state index contributed by atoms with van der Waals surface area (Å²) in [4.78, 5) is 20.5. The molecule has 4 heterocycles. The summed E-state index contributed by atoms with van der Waals surface area (Å²) >= 11 is 0. The van der Waals surface area contributed by atoms with Gasteiger partial charge in [-0.15, -0.1) is 0 Å². The Balaban J connectivity index is 1.30. The lowest BCUT2D eigenvalue weighted by atomic mass is 10.1. The molecule has 6 rings (SSSR count). The van der Waals surface area contributed by atoms with Gasteiger partial charge >= 0.3 is 5.69 Å². The first-order chi connectivity index (χ1) is 20.4. The van der Waals surface area contributed by atoms with Crippen LogP contribution < -0.4 is 16.7 Å². The molecule has 11 nitrogen and oxygen atoms in total. The van der Waals surface area contributed by atoms with Crippen LogP contribution in [0.4, 0.5) is 0 Å². The number of H-pyrrole nitrogens is 2. The van der Waals surface area contributed by atoms with Crippen molar-refractivity contribution in [3.05, 3.63) is 94.8 Å². The van der Waals surface area contributed by atoms with E-state index in [9.17, 15) is 13.2 Å². The number of aromatic nitrogens is 5. The fraction of sp³-hybridized carbons (Fsp3) is 0.300. The summed E-state index contributed by atoms with van der Waals surface area (Å²) in [5.74, 6) is 0. The summed E-state index contributed by atoms with van der Waals surface area (Å²) in [6.45, 7) is 2.43. The third-order valence-electron chi connectivity index (χ3n) is 7.82. The molecule has 0 amide bonds. The summed E-state index contributed by atoms with van der Waals surface area (Å²) < 4.78 is 31.3. The van der Waals surface area contributed by atoms with Crippen LogP contribution in [0.3, 0.4) is 0 Å². The average Bonchev–Trinajstić information content (AvgIpc) is 3.69. The number of fused-ring (bicyclic) bond motifs is 1. The van der Waals surface area contributed by atoms with Gasteiger partial charge in [0, 0.05) is 42.6 Å². The zero-order chi connectivity index (χ0) is 29.1. The highest BCUT2D eigenvalue weighted by Gasteiger charge is 2.32. The minimum absolute atomic E-state index is 0.0635. The predicted octanol–water partition coefficient (Wildman–Crippen LogP) is 2.94. The molecule has 0 bridgehead atoms. The van der Waals surface area contributed by atoms with Gasteiger partial charge in [-0.1, -0.05) is 24.3 Å². The Labute approximate surface area is 243 Å². The number of hydrogen-bond acceptors (Lipinski definition) is 7. The highest BCUT2D eigenvalue weighted by molar-refractivity contribution is 7.89. The van der Waals surface area contributed by atoms with Crippen LogP contribution in [0.15, 0.2) is 82.9 Å². The Kier molecular flexibility index (Phi) is 8.02. The number of aryl methyl sites for hydroxylation is 1. The molecule has 12 heteroatoms. The van der Waals surface area contributed by atoms with Gasteiger partial charge in [0.05, 0.1) is 16.8 Å². The van der Waals surface area contributed by atoms with E-state index < -0.39 is 15.7 Å². The largest absolute Gasteiger partial charge is 0.354 e. The summed E-state index contributed by atoms with van der Waals surface area (Å²) in [5.41, 5.74) is 9.82. The number of aromatic amines is 2. The molecule has 0 aliphatic carbocycles. The van der Waals surface area contributed by atoms with E-state index in [0.717, 1.165) is 48.9 Å². The SMILES string of the molecule is NCc1ccc(-n2cc3cc(-c4cccc(S(=O)(=O)N(CCCc5cn[nH]c5)C5CCNCC5)c4)[nH]c3nc2=O)cc1. The maximum Gasteiger partial charge on any atom is 0.354 e. The van der Waals surface area contributed by atoms with E-state index in [4.69, 9.17) is 5.73 Å². The minimum Gasteiger partial charge on any atom is -0.339 e. The van der Waals surface area contributed by atoms with Crippen LogP contribution >= 0.6 is 0 Å². The van der Waals surface area contributed by atoms with Crippen molar-refractivity contribution < 1.29 is 8.42 Å². The first kappa shape index (κ1) is 28.0. The molecule has 3 aromatic heterocycles. The van der Waals surface area contributed by atoms with E-state index in [2.05, 4.69) is 25.5 Å². The molecule has 1 aliphatic rings. The zero-order valence-corrected chi connectivity index (χ0v) is 24.0. The van der Waals surface area contributed by atoms with Crippen LogP contribution in [0.2, 0.25) is 0 Å². The van der Waals surface area contributed by atoms with Crippen molar-refractivity contribution in [1.82, 2.24) is 34.4 Å². The molecule has 0 saturated carbocycles. The van der Waals surface area contributed by atoms with E-state index in [1.54, 1.807) is 34.9 Å². The minimum atomic E-state index is -3.77. The van der Waals surface area contributed by atoms with Crippen molar-refractivity contribution in [3.8, 4) is 16.9 Å². The molecule has 42 heavy (non-hydrogen) atoms. The molecule has 5 N–H and O–H groups in total. The Hall–Kier alpha value is -4.10. The lowest BCUT2D eigenvalue weighted by Crippen LogP contribution is -2.46. The first-order valence-corrected chi connectivity index (χ1v) is 15.6. The molecule has 0 spiro atoms. The van der Waals surface area contributed by atoms with Gasteiger partial charge in [-0.25, -0.2) is 13.2 Å². The third kappa shape index (κ3) is 5.79. The Morgan fingerprint density at radius 1 is 1.05 bits per heavy atom. The number of piperidine rings is 1. The van der Waals surface area contributed by atoms with Crippen LogP contribution in [0.1, 0.15) is 30.4 Å². The fourth-order valence-corrected chi connectivity index (χ4v) is 7.30. The molecular weight excluding hydrogens is 552 g/mol. The normalized spacial score (nSPS) is 14.6. The molecule has 0 atom stereocenters. The number of sulfonamides is 1. The predicted molar refractivity (Wildman–Crippen MR) is 162 cm³/mol. The van der Waals surface area contributed by atoms with Crippen molar-refractivity contribution in [3.63, 3.8) is 0 Å².